The fourth-order valence-corrected chi connectivity index (χ4v) is 5.43. The summed E-state index contributed by atoms with van der Waals surface area (Å²) in [5.41, 5.74) is 5.14. The van der Waals surface area contributed by atoms with Crippen LogP contribution in [0, 0.1) is 20.8 Å². The van der Waals surface area contributed by atoms with Gasteiger partial charge < -0.3 is 5.32 Å². The molecule has 0 spiro atoms. The van der Waals surface area contributed by atoms with Crippen LogP contribution in [-0.4, -0.2) is 25.9 Å². The topological polar surface area (TPSA) is 79.4 Å². The van der Waals surface area contributed by atoms with E-state index in [1.807, 2.05) is 51.1 Å². The molecule has 0 aliphatic carbocycles. The van der Waals surface area contributed by atoms with Crippen molar-refractivity contribution in [1.82, 2.24) is 4.98 Å². The van der Waals surface area contributed by atoms with Crippen molar-refractivity contribution >= 4 is 27.3 Å². The first-order valence-corrected chi connectivity index (χ1v) is 11.2. The molecule has 2 aromatic carbocycles. The lowest BCUT2D eigenvalue weighted by molar-refractivity contribution is 0.102. The van der Waals surface area contributed by atoms with Gasteiger partial charge in [0.15, 0.2) is 0 Å². The number of nitrogens with zero attached hydrogens (tertiary/aromatic N) is 2. The fraction of sp³-hybridized carbons (Fsp3) is 0.217. The van der Waals surface area contributed by atoms with Gasteiger partial charge in [-0.05, 0) is 68.7 Å². The van der Waals surface area contributed by atoms with Gasteiger partial charge >= 0.3 is 0 Å². The SMILES string of the molecule is Cc1cc(C)c(NC(=O)c2cccc(S(=O)(=O)N3CCc4ccccc43)c2)c(C)n1. The zero-order chi connectivity index (χ0) is 21.5. The van der Waals surface area contributed by atoms with E-state index >= 15 is 0 Å². The number of carbonyl (C=O) groups is 1. The Balaban J connectivity index is 1.64. The molecule has 4 rings (SSSR count). The normalized spacial score (nSPS) is 13.2. The summed E-state index contributed by atoms with van der Waals surface area (Å²) in [6, 6.07) is 15.5. The van der Waals surface area contributed by atoms with E-state index < -0.39 is 10.0 Å². The van der Waals surface area contributed by atoms with Crippen LogP contribution in [0.4, 0.5) is 11.4 Å². The standard InChI is InChI=1S/C23H23N3O3S/c1-15-13-16(2)24-17(3)22(15)25-23(27)19-8-6-9-20(14-19)30(28,29)26-12-11-18-7-4-5-10-21(18)26/h4-10,13-14H,11-12H2,1-3H3,(H,25,27). The van der Waals surface area contributed by atoms with E-state index in [1.54, 1.807) is 12.1 Å². The van der Waals surface area contributed by atoms with Crippen molar-refractivity contribution in [3.05, 3.63) is 82.7 Å². The number of hydrogen-bond donors (Lipinski definition) is 1. The van der Waals surface area contributed by atoms with Gasteiger partial charge in [0.05, 0.1) is 22.0 Å². The van der Waals surface area contributed by atoms with Gasteiger partial charge in [0.25, 0.3) is 15.9 Å². The van der Waals surface area contributed by atoms with Crippen LogP contribution >= 0.6 is 0 Å². The minimum Gasteiger partial charge on any atom is -0.320 e. The minimum absolute atomic E-state index is 0.0994. The van der Waals surface area contributed by atoms with Gasteiger partial charge in [-0.15, -0.1) is 0 Å². The second kappa shape index (κ2) is 7.57. The lowest BCUT2D eigenvalue weighted by Gasteiger charge is -2.20. The van der Waals surface area contributed by atoms with Crippen molar-refractivity contribution in [2.45, 2.75) is 32.1 Å². The summed E-state index contributed by atoms with van der Waals surface area (Å²) in [4.78, 5) is 17.3. The van der Waals surface area contributed by atoms with E-state index in [4.69, 9.17) is 0 Å². The van der Waals surface area contributed by atoms with Gasteiger partial charge in [0.2, 0.25) is 0 Å². The third-order valence-electron chi connectivity index (χ3n) is 5.29. The highest BCUT2D eigenvalue weighted by Gasteiger charge is 2.31. The van der Waals surface area contributed by atoms with Crippen LogP contribution in [0.5, 0.6) is 0 Å². The maximum absolute atomic E-state index is 13.3. The number of pyridine rings is 1. The molecule has 1 aliphatic heterocycles. The molecule has 1 N–H and O–H groups in total. The van der Waals surface area contributed by atoms with Crippen molar-refractivity contribution in [3.8, 4) is 0 Å². The number of sulfonamides is 1. The first-order valence-electron chi connectivity index (χ1n) is 9.74. The first kappa shape index (κ1) is 20.1. The lowest BCUT2D eigenvalue weighted by Crippen LogP contribution is -2.29. The summed E-state index contributed by atoms with van der Waals surface area (Å²) >= 11 is 0. The molecule has 0 atom stereocenters. The van der Waals surface area contributed by atoms with Crippen molar-refractivity contribution in [3.63, 3.8) is 0 Å². The monoisotopic (exact) mass is 421 g/mol. The predicted molar refractivity (Wildman–Crippen MR) is 118 cm³/mol. The number of benzene rings is 2. The predicted octanol–water partition coefficient (Wildman–Crippen LogP) is 4.01. The maximum atomic E-state index is 13.3. The van der Waals surface area contributed by atoms with E-state index in [0.717, 1.165) is 22.5 Å². The average molecular weight is 422 g/mol. The third-order valence-corrected chi connectivity index (χ3v) is 7.10. The Morgan fingerprint density at radius 1 is 1.03 bits per heavy atom. The van der Waals surface area contributed by atoms with Gasteiger partial charge in [0, 0.05) is 17.8 Å². The zero-order valence-electron chi connectivity index (χ0n) is 17.1. The highest BCUT2D eigenvalue weighted by atomic mass is 32.2. The Hall–Kier alpha value is -3.19. The van der Waals surface area contributed by atoms with Gasteiger partial charge in [-0.3, -0.25) is 14.1 Å². The first-order chi connectivity index (χ1) is 14.3. The van der Waals surface area contributed by atoms with Crippen LogP contribution < -0.4 is 9.62 Å². The Bertz CT molecular complexity index is 1230. The summed E-state index contributed by atoms with van der Waals surface area (Å²) in [5, 5.41) is 2.88. The number of fused-ring (bicyclic) bond motifs is 1. The second-order valence-electron chi connectivity index (χ2n) is 7.48. The molecule has 2 heterocycles. The number of hydrogen-bond acceptors (Lipinski definition) is 4. The number of aryl methyl sites for hydroxylation is 3. The van der Waals surface area contributed by atoms with Crippen molar-refractivity contribution in [1.29, 1.82) is 0 Å². The van der Waals surface area contributed by atoms with Gasteiger partial charge in [-0.1, -0.05) is 24.3 Å². The molecule has 154 valence electrons. The third kappa shape index (κ3) is 3.57. The van der Waals surface area contributed by atoms with Crippen LogP contribution in [0.1, 0.15) is 32.9 Å². The Morgan fingerprint density at radius 3 is 2.57 bits per heavy atom. The van der Waals surface area contributed by atoms with Crippen LogP contribution in [0.25, 0.3) is 0 Å². The molecular weight excluding hydrogens is 398 g/mol. The Labute approximate surface area is 176 Å². The van der Waals surface area contributed by atoms with Crippen molar-refractivity contribution in [2.24, 2.45) is 0 Å². The van der Waals surface area contributed by atoms with Crippen LogP contribution in [-0.2, 0) is 16.4 Å². The average Bonchev–Trinajstić information content (AvgIpc) is 3.15. The summed E-state index contributed by atoms with van der Waals surface area (Å²) in [5.74, 6) is -0.370. The molecule has 6 nitrogen and oxygen atoms in total. The van der Waals surface area contributed by atoms with Crippen molar-refractivity contribution in [2.75, 3.05) is 16.2 Å². The summed E-state index contributed by atoms with van der Waals surface area (Å²) in [6.07, 6.45) is 0.675. The molecular formula is C23H23N3O3S. The van der Waals surface area contributed by atoms with Gasteiger partial charge in [-0.2, -0.15) is 0 Å². The molecule has 7 heteroatoms. The number of rotatable bonds is 4. The minimum atomic E-state index is -3.76. The largest absolute Gasteiger partial charge is 0.320 e. The molecule has 0 radical (unpaired) electrons. The highest BCUT2D eigenvalue weighted by Crippen LogP contribution is 2.33. The van der Waals surface area contributed by atoms with E-state index in [9.17, 15) is 13.2 Å². The number of amides is 1. The molecule has 1 aliphatic rings. The molecule has 0 fully saturated rings. The number of aromatic nitrogens is 1. The molecule has 1 aromatic heterocycles. The molecule has 0 saturated heterocycles. The van der Waals surface area contributed by atoms with E-state index in [2.05, 4.69) is 10.3 Å². The fourth-order valence-electron chi connectivity index (χ4n) is 3.88. The number of para-hydroxylation sites is 1. The molecule has 0 bridgehead atoms. The zero-order valence-corrected chi connectivity index (χ0v) is 18.0. The summed E-state index contributed by atoms with van der Waals surface area (Å²) in [6.45, 7) is 6.03. The Kier molecular flexibility index (Phi) is 5.07. The Morgan fingerprint density at radius 2 is 1.80 bits per heavy atom. The molecule has 30 heavy (non-hydrogen) atoms. The number of anilines is 2. The van der Waals surface area contributed by atoms with Crippen LogP contribution in [0.3, 0.4) is 0 Å². The molecule has 1 amide bonds. The van der Waals surface area contributed by atoms with E-state index in [0.29, 0.717) is 24.3 Å². The molecule has 0 saturated carbocycles. The quantitative estimate of drug-likeness (QED) is 0.690. The van der Waals surface area contributed by atoms with E-state index in [-0.39, 0.29) is 16.4 Å². The van der Waals surface area contributed by atoms with E-state index in [1.165, 1.54) is 16.4 Å². The number of carbonyl (C=O) groups excluding carboxylic acids is 1. The lowest BCUT2D eigenvalue weighted by atomic mass is 10.1. The molecule has 0 unspecified atom stereocenters. The van der Waals surface area contributed by atoms with Gasteiger partial charge in [-0.25, -0.2) is 8.42 Å². The number of nitrogens with one attached hydrogen (secondary N) is 1. The van der Waals surface area contributed by atoms with Crippen LogP contribution in [0.15, 0.2) is 59.5 Å². The van der Waals surface area contributed by atoms with Crippen LogP contribution in [0.2, 0.25) is 0 Å². The van der Waals surface area contributed by atoms with Crippen molar-refractivity contribution < 1.29 is 13.2 Å². The molecule has 3 aromatic rings. The second-order valence-corrected chi connectivity index (χ2v) is 9.34. The summed E-state index contributed by atoms with van der Waals surface area (Å²) in [7, 11) is -3.76. The summed E-state index contributed by atoms with van der Waals surface area (Å²) < 4.78 is 27.9. The smallest absolute Gasteiger partial charge is 0.264 e. The van der Waals surface area contributed by atoms with Gasteiger partial charge in [0.1, 0.15) is 0 Å². The highest BCUT2D eigenvalue weighted by molar-refractivity contribution is 7.92. The maximum Gasteiger partial charge on any atom is 0.264 e.